The summed E-state index contributed by atoms with van der Waals surface area (Å²) in [5.74, 6) is 0.574. The Kier molecular flexibility index (Phi) is 4.38. The van der Waals surface area contributed by atoms with Gasteiger partial charge in [-0.2, -0.15) is 0 Å². The molecule has 3 aromatic carbocycles. The number of benzene rings is 3. The highest BCUT2D eigenvalue weighted by molar-refractivity contribution is 6.02. The lowest BCUT2D eigenvalue weighted by atomic mass is 10.0. The minimum Gasteiger partial charge on any atom is -0.488 e. The minimum atomic E-state index is -0.441. The molecule has 0 aliphatic rings. The molecule has 0 saturated heterocycles. The van der Waals surface area contributed by atoms with Crippen molar-refractivity contribution in [2.45, 2.75) is 6.61 Å². The number of hydrogen-bond acceptors (Lipinski definition) is 5. The van der Waals surface area contributed by atoms with Crippen LogP contribution in [0.4, 0.5) is 5.69 Å². The normalized spacial score (nSPS) is 11.0. The number of hydrogen-bond donors (Lipinski definition) is 1. The molecule has 3 aromatic rings. The van der Waals surface area contributed by atoms with Gasteiger partial charge in [0, 0.05) is 17.7 Å². The van der Waals surface area contributed by atoms with E-state index in [0.717, 1.165) is 16.3 Å². The molecule has 0 radical (unpaired) electrons. The Bertz CT molecular complexity index is 905. The Hall–Kier alpha value is -3.41. The van der Waals surface area contributed by atoms with Crippen LogP contribution in [0.15, 0.2) is 65.8 Å². The van der Waals surface area contributed by atoms with E-state index in [9.17, 15) is 10.1 Å². The third-order valence-corrected chi connectivity index (χ3v) is 3.66. The van der Waals surface area contributed by atoms with Crippen LogP contribution in [0.5, 0.6) is 5.75 Å². The summed E-state index contributed by atoms with van der Waals surface area (Å²) in [7, 11) is 0. The number of non-ortho nitro benzene ring substituents is 1. The largest absolute Gasteiger partial charge is 0.488 e. The maximum Gasteiger partial charge on any atom is 0.269 e. The average Bonchev–Trinajstić information content (AvgIpc) is 2.61. The molecule has 3 rings (SSSR count). The lowest BCUT2D eigenvalue weighted by Gasteiger charge is -2.11. The van der Waals surface area contributed by atoms with Crippen molar-refractivity contribution in [3.05, 3.63) is 81.9 Å². The van der Waals surface area contributed by atoms with Crippen LogP contribution in [0, 0.1) is 10.1 Å². The Morgan fingerprint density at radius 2 is 1.83 bits per heavy atom. The highest BCUT2D eigenvalue weighted by Crippen LogP contribution is 2.27. The highest BCUT2D eigenvalue weighted by atomic mass is 16.6. The van der Waals surface area contributed by atoms with Gasteiger partial charge in [-0.1, -0.05) is 35.5 Å². The van der Waals surface area contributed by atoms with Gasteiger partial charge in [0.05, 0.1) is 11.1 Å². The molecule has 0 unspecified atom stereocenters. The molecule has 0 saturated carbocycles. The summed E-state index contributed by atoms with van der Waals surface area (Å²) in [6.07, 6.45) is 1.34. The van der Waals surface area contributed by atoms with Crippen LogP contribution in [-0.2, 0) is 6.61 Å². The van der Waals surface area contributed by atoms with E-state index in [0.29, 0.717) is 11.3 Å². The summed E-state index contributed by atoms with van der Waals surface area (Å²) in [4.78, 5) is 10.2. The summed E-state index contributed by atoms with van der Waals surface area (Å²) >= 11 is 0. The van der Waals surface area contributed by atoms with E-state index in [1.165, 1.54) is 18.3 Å². The van der Waals surface area contributed by atoms with Gasteiger partial charge in [0.2, 0.25) is 0 Å². The second-order valence-corrected chi connectivity index (χ2v) is 5.16. The molecule has 1 N–H and O–H groups in total. The van der Waals surface area contributed by atoms with Gasteiger partial charge in [-0.3, -0.25) is 10.1 Å². The van der Waals surface area contributed by atoms with Gasteiger partial charge in [0.25, 0.3) is 5.69 Å². The first kappa shape index (κ1) is 15.5. The topological polar surface area (TPSA) is 85.0 Å². The molecule has 0 fully saturated rings. The number of nitro benzene ring substituents is 1. The maximum absolute atomic E-state index is 10.7. The number of rotatable bonds is 5. The Morgan fingerprint density at radius 1 is 1.08 bits per heavy atom. The predicted octanol–water partition coefficient (Wildman–Crippen LogP) is 4.14. The molecular formula is C18H14N2O4. The predicted molar refractivity (Wildman–Crippen MR) is 90.8 cm³/mol. The van der Waals surface area contributed by atoms with Crippen molar-refractivity contribution in [3.63, 3.8) is 0 Å². The zero-order chi connectivity index (χ0) is 16.9. The van der Waals surface area contributed by atoms with Gasteiger partial charge in [0.15, 0.2) is 0 Å². The Balaban J connectivity index is 1.87. The number of oxime groups is 1. The number of nitrogens with zero attached hydrogens (tertiary/aromatic N) is 2. The van der Waals surface area contributed by atoms with Crippen LogP contribution < -0.4 is 4.74 Å². The molecule has 120 valence electrons. The van der Waals surface area contributed by atoms with Crippen molar-refractivity contribution in [1.29, 1.82) is 0 Å². The molecule has 0 spiro atoms. The molecule has 6 nitrogen and oxygen atoms in total. The van der Waals surface area contributed by atoms with E-state index in [1.54, 1.807) is 12.1 Å². The van der Waals surface area contributed by atoms with Crippen LogP contribution in [-0.4, -0.2) is 16.3 Å². The third-order valence-electron chi connectivity index (χ3n) is 3.66. The Morgan fingerprint density at radius 3 is 2.54 bits per heavy atom. The van der Waals surface area contributed by atoms with Crippen LogP contribution in [0.3, 0.4) is 0 Å². The SMILES string of the molecule is O=[N+]([O-])c1ccc(COc2ccc3ccccc3c2/C=N\O)cc1. The summed E-state index contributed by atoms with van der Waals surface area (Å²) in [5.41, 5.74) is 1.52. The first-order chi connectivity index (χ1) is 11.7. The molecule has 0 aromatic heterocycles. The van der Waals surface area contributed by atoms with Gasteiger partial charge < -0.3 is 9.94 Å². The van der Waals surface area contributed by atoms with Crippen LogP contribution in [0.2, 0.25) is 0 Å². The second kappa shape index (κ2) is 6.78. The standard InChI is InChI=1S/C18H14N2O4/c21-19-11-17-16-4-2-1-3-14(16)7-10-18(17)24-12-13-5-8-15(9-6-13)20(22)23/h1-11,21H,12H2/b19-11-. The molecular weight excluding hydrogens is 308 g/mol. The van der Waals surface area contributed by atoms with Gasteiger partial charge in [0.1, 0.15) is 12.4 Å². The van der Waals surface area contributed by atoms with E-state index in [1.807, 2.05) is 36.4 Å². The van der Waals surface area contributed by atoms with E-state index >= 15 is 0 Å². The van der Waals surface area contributed by atoms with Crippen molar-refractivity contribution >= 4 is 22.7 Å². The van der Waals surface area contributed by atoms with Crippen molar-refractivity contribution in [2.75, 3.05) is 0 Å². The average molecular weight is 322 g/mol. The van der Waals surface area contributed by atoms with E-state index in [-0.39, 0.29) is 12.3 Å². The molecule has 0 bridgehead atoms. The van der Waals surface area contributed by atoms with Crippen LogP contribution >= 0.6 is 0 Å². The summed E-state index contributed by atoms with van der Waals surface area (Å²) in [6, 6.07) is 17.6. The van der Waals surface area contributed by atoms with Crippen LogP contribution in [0.1, 0.15) is 11.1 Å². The zero-order valence-electron chi connectivity index (χ0n) is 12.6. The molecule has 0 aliphatic heterocycles. The minimum absolute atomic E-state index is 0.0394. The lowest BCUT2D eigenvalue weighted by Crippen LogP contribution is -1.99. The van der Waals surface area contributed by atoms with Gasteiger partial charge in [-0.15, -0.1) is 0 Å². The van der Waals surface area contributed by atoms with Gasteiger partial charge in [-0.05, 0) is 34.5 Å². The zero-order valence-corrected chi connectivity index (χ0v) is 12.6. The third kappa shape index (κ3) is 3.17. The van der Waals surface area contributed by atoms with Crippen molar-refractivity contribution in [3.8, 4) is 5.75 Å². The summed E-state index contributed by atoms with van der Waals surface area (Å²) in [6.45, 7) is 0.253. The molecule has 0 heterocycles. The number of ether oxygens (including phenoxy) is 1. The van der Waals surface area contributed by atoms with Crippen molar-refractivity contribution < 1.29 is 14.9 Å². The first-order valence-corrected chi connectivity index (χ1v) is 7.24. The van der Waals surface area contributed by atoms with Gasteiger partial charge >= 0.3 is 0 Å². The summed E-state index contributed by atoms with van der Waals surface area (Å²) in [5, 5.41) is 24.6. The first-order valence-electron chi connectivity index (χ1n) is 7.24. The second-order valence-electron chi connectivity index (χ2n) is 5.16. The Labute approximate surface area is 137 Å². The molecule has 24 heavy (non-hydrogen) atoms. The van der Waals surface area contributed by atoms with E-state index in [2.05, 4.69) is 5.16 Å². The number of fused-ring (bicyclic) bond motifs is 1. The smallest absolute Gasteiger partial charge is 0.269 e. The fraction of sp³-hybridized carbons (Fsp3) is 0.0556. The lowest BCUT2D eigenvalue weighted by molar-refractivity contribution is -0.384. The van der Waals surface area contributed by atoms with Gasteiger partial charge in [-0.25, -0.2) is 0 Å². The van der Waals surface area contributed by atoms with Crippen LogP contribution in [0.25, 0.3) is 10.8 Å². The van der Waals surface area contributed by atoms with Crippen molar-refractivity contribution in [1.82, 2.24) is 0 Å². The maximum atomic E-state index is 10.7. The summed E-state index contributed by atoms with van der Waals surface area (Å²) < 4.78 is 5.81. The van der Waals surface area contributed by atoms with Crippen molar-refractivity contribution in [2.24, 2.45) is 5.16 Å². The number of nitro groups is 1. The molecule has 0 atom stereocenters. The molecule has 0 aliphatic carbocycles. The quantitative estimate of drug-likeness (QED) is 0.331. The fourth-order valence-electron chi connectivity index (χ4n) is 2.47. The molecule has 6 heteroatoms. The monoisotopic (exact) mass is 322 g/mol. The highest BCUT2D eigenvalue weighted by Gasteiger charge is 2.09. The van der Waals surface area contributed by atoms with E-state index < -0.39 is 4.92 Å². The molecule has 0 amide bonds. The fourth-order valence-corrected chi connectivity index (χ4v) is 2.47. The van der Waals surface area contributed by atoms with E-state index in [4.69, 9.17) is 9.94 Å².